The Morgan fingerprint density at radius 3 is 2.24 bits per heavy atom. The van der Waals surface area contributed by atoms with Crippen LogP contribution in [0.25, 0.3) is 0 Å². The molecule has 0 rings (SSSR count). The molecular weight excluding hydrogens is 248 g/mol. The molecule has 0 saturated heterocycles. The van der Waals surface area contributed by atoms with Gasteiger partial charge in [-0.05, 0) is 13.8 Å². The van der Waals surface area contributed by atoms with Gasteiger partial charge in [0.2, 0.25) is 0 Å². The SMILES string of the molecule is CC(NC(=O)NCCS(C)(=O)=O)C(C)C(=O)O. The Morgan fingerprint density at radius 2 is 1.82 bits per heavy atom. The third kappa shape index (κ3) is 7.56. The van der Waals surface area contributed by atoms with Gasteiger partial charge in [0.15, 0.2) is 0 Å². The first-order valence-corrected chi connectivity index (χ1v) is 7.14. The summed E-state index contributed by atoms with van der Waals surface area (Å²) in [6.45, 7) is 3.04. The van der Waals surface area contributed by atoms with Crippen molar-refractivity contribution < 1.29 is 23.1 Å². The van der Waals surface area contributed by atoms with Crippen LogP contribution >= 0.6 is 0 Å². The minimum absolute atomic E-state index is 0.00115. The summed E-state index contributed by atoms with van der Waals surface area (Å²) in [6, 6.07) is -1.11. The van der Waals surface area contributed by atoms with Crippen LogP contribution in [-0.2, 0) is 14.6 Å². The Morgan fingerprint density at radius 1 is 1.29 bits per heavy atom. The highest BCUT2D eigenvalue weighted by Gasteiger charge is 2.20. The Bertz CT molecular complexity index is 379. The minimum atomic E-state index is -3.11. The van der Waals surface area contributed by atoms with Crippen LogP contribution in [0, 0.1) is 5.92 Å². The van der Waals surface area contributed by atoms with Crippen LogP contribution in [0.3, 0.4) is 0 Å². The van der Waals surface area contributed by atoms with Crippen molar-refractivity contribution in [1.29, 1.82) is 0 Å². The van der Waals surface area contributed by atoms with Crippen molar-refractivity contribution in [2.45, 2.75) is 19.9 Å². The Kier molecular flexibility index (Phi) is 5.94. The summed E-state index contributed by atoms with van der Waals surface area (Å²) in [6.07, 6.45) is 1.07. The van der Waals surface area contributed by atoms with Crippen LogP contribution in [0.2, 0.25) is 0 Å². The maximum absolute atomic E-state index is 11.3. The van der Waals surface area contributed by atoms with Crippen molar-refractivity contribution in [2.75, 3.05) is 18.6 Å². The predicted octanol–water partition coefficient (Wildman–Crippen LogP) is -0.561. The van der Waals surface area contributed by atoms with E-state index in [1.165, 1.54) is 6.92 Å². The van der Waals surface area contributed by atoms with Gasteiger partial charge < -0.3 is 15.7 Å². The second-order valence-electron chi connectivity index (χ2n) is 3.95. The standard InChI is InChI=1S/C9H18N2O5S/c1-6(8(12)13)7(2)11-9(14)10-4-5-17(3,15)16/h6-7H,4-5H2,1-3H3,(H,12,13)(H2,10,11,14). The molecule has 0 fully saturated rings. The number of rotatable bonds is 6. The van der Waals surface area contributed by atoms with Gasteiger partial charge in [-0.1, -0.05) is 0 Å². The van der Waals surface area contributed by atoms with Crippen molar-refractivity contribution in [3.8, 4) is 0 Å². The van der Waals surface area contributed by atoms with E-state index in [1.807, 2.05) is 0 Å². The molecule has 8 heteroatoms. The number of carbonyl (C=O) groups is 2. The number of aliphatic carboxylic acids is 1. The van der Waals surface area contributed by atoms with Crippen molar-refractivity contribution >= 4 is 21.8 Å². The Hall–Kier alpha value is -1.31. The first kappa shape index (κ1) is 15.7. The lowest BCUT2D eigenvalue weighted by Gasteiger charge is -2.17. The largest absolute Gasteiger partial charge is 0.481 e. The van der Waals surface area contributed by atoms with Crippen LogP contribution in [-0.4, -0.2) is 50.1 Å². The second-order valence-corrected chi connectivity index (χ2v) is 6.21. The molecule has 0 aliphatic heterocycles. The molecule has 100 valence electrons. The number of nitrogens with one attached hydrogen (secondary N) is 2. The normalized spacial score (nSPS) is 14.8. The lowest BCUT2D eigenvalue weighted by atomic mass is 10.0. The summed E-state index contributed by atoms with van der Waals surface area (Å²) in [5.41, 5.74) is 0. The Labute approximate surface area is 101 Å². The number of sulfone groups is 1. The monoisotopic (exact) mass is 266 g/mol. The van der Waals surface area contributed by atoms with Gasteiger partial charge >= 0.3 is 12.0 Å². The molecule has 0 heterocycles. The molecule has 2 atom stereocenters. The topological polar surface area (TPSA) is 113 Å². The van der Waals surface area contributed by atoms with Gasteiger partial charge in [-0.15, -0.1) is 0 Å². The second kappa shape index (κ2) is 6.43. The van der Waals surface area contributed by atoms with Crippen LogP contribution < -0.4 is 10.6 Å². The minimum Gasteiger partial charge on any atom is -0.481 e. The fourth-order valence-electron chi connectivity index (χ4n) is 0.947. The van der Waals surface area contributed by atoms with Gasteiger partial charge in [-0.2, -0.15) is 0 Å². The van der Waals surface area contributed by atoms with Crippen molar-refractivity contribution in [3.05, 3.63) is 0 Å². The van der Waals surface area contributed by atoms with E-state index in [-0.39, 0.29) is 12.3 Å². The van der Waals surface area contributed by atoms with Gasteiger partial charge in [0, 0.05) is 18.8 Å². The number of amides is 2. The summed E-state index contributed by atoms with van der Waals surface area (Å²) in [4.78, 5) is 21.9. The number of urea groups is 1. The average molecular weight is 266 g/mol. The molecule has 0 aromatic heterocycles. The summed E-state index contributed by atoms with van der Waals surface area (Å²) in [7, 11) is -3.11. The molecule has 0 aliphatic rings. The number of hydrogen-bond donors (Lipinski definition) is 3. The number of carboxylic acids is 1. The molecule has 0 aromatic rings. The first-order valence-electron chi connectivity index (χ1n) is 5.08. The number of hydrogen-bond acceptors (Lipinski definition) is 4. The summed E-state index contributed by atoms with van der Waals surface area (Å²) >= 11 is 0. The molecule has 3 N–H and O–H groups in total. The smallest absolute Gasteiger partial charge is 0.315 e. The van der Waals surface area contributed by atoms with E-state index >= 15 is 0 Å². The third-order valence-electron chi connectivity index (χ3n) is 2.26. The molecule has 0 spiro atoms. The zero-order valence-electron chi connectivity index (χ0n) is 10.1. The summed E-state index contributed by atoms with van der Waals surface area (Å²) in [5.74, 6) is -1.87. The van der Waals surface area contributed by atoms with Gasteiger partial charge in [-0.3, -0.25) is 4.79 Å². The number of carboxylic acid groups (broad SMARTS) is 1. The highest BCUT2D eigenvalue weighted by atomic mass is 32.2. The summed E-state index contributed by atoms with van der Waals surface area (Å²) < 4.78 is 21.6. The highest BCUT2D eigenvalue weighted by Crippen LogP contribution is 2.01. The first-order chi connectivity index (χ1) is 7.63. The van der Waals surface area contributed by atoms with E-state index in [0.717, 1.165) is 6.26 Å². The highest BCUT2D eigenvalue weighted by molar-refractivity contribution is 7.90. The molecule has 2 amide bonds. The predicted molar refractivity (Wildman–Crippen MR) is 62.5 cm³/mol. The molecule has 0 aliphatic carbocycles. The molecular formula is C9H18N2O5S. The zero-order valence-corrected chi connectivity index (χ0v) is 10.9. The van der Waals surface area contributed by atoms with Gasteiger partial charge in [0.25, 0.3) is 0 Å². The molecule has 0 aromatic carbocycles. The third-order valence-corrected chi connectivity index (χ3v) is 3.20. The van der Waals surface area contributed by atoms with E-state index < -0.39 is 33.8 Å². The van der Waals surface area contributed by atoms with Crippen molar-refractivity contribution in [1.82, 2.24) is 10.6 Å². The fourth-order valence-corrected chi connectivity index (χ4v) is 1.42. The van der Waals surface area contributed by atoms with E-state index in [4.69, 9.17) is 5.11 Å². The molecule has 2 unspecified atom stereocenters. The van der Waals surface area contributed by atoms with E-state index in [1.54, 1.807) is 6.92 Å². The lowest BCUT2D eigenvalue weighted by Crippen LogP contribution is -2.46. The maximum Gasteiger partial charge on any atom is 0.315 e. The summed E-state index contributed by atoms with van der Waals surface area (Å²) in [5, 5.41) is 13.5. The van der Waals surface area contributed by atoms with E-state index in [2.05, 4.69) is 10.6 Å². The molecule has 7 nitrogen and oxygen atoms in total. The zero-order chi connectivity index (χ0) is 13.6. The van der Waals surface area contributed by atoms with Crippen LogP contribution in [0.1, 0.15) is 13.8 Å². The van der Waals surface area contributed by atoms with E-state index in [0.29, 0.717) is 0 Å². The molecule has 17 heavy (non-hydrogen) atoms. The fraction of sp³-hybridized carbons (Fsp3) is 0.778. The maximum atomic E-state index is 11.3. The van der Waals surface area contributed by atoms with Crippen LogP contribution in [0.5, 0.6) is 0 Å². The van der Waals surface area contributed by atoms with Crippen molar-refractivity contribution in [2.24, 2.45) is 5.92 Å². The Balaban J connectivity index is 3.99. The van der Waals surface area contributed by atoms with E-state index in [9.17, 15) is 18.0 Å². The molecule has 0 saturated carbocycles. The number of carbonyl (C=O) groups excluding carboxylic acids is 1. The van der Waals surface area contributed by atoms with Gasteiger partial charge in [-0.25, -0.2) is 13.2 Å². The lowest BCUT2D eigenvalue weighted by molar-refractivity contribution is -0.141. The quantitative estimate of drug-likeness (QED) is 0.596. The average Bonchev–Trinajstić information content (AvgIpc) is 2.13. The van der Waals surface area contributed by atoms with Crippen LogP contribution in [0.4, 0.5) is 4.79 Å². The van der Waals surface area contributed by atoms with Crippen LogP contribution in [0.15, 0.2) is 0 Å². The molecule has 0 bridgehead atoms. The van der Waals surface area contributed by atoms with Gasteiger partial charge in [0.1, 0.15) is 9.84 Å². The molecule has 0 radical (unpaired) electrons. The van der Waals surface area contributed by atoms with Gasteiger partial charge in [0.05, 0.1) is 11.7 Å². The van der Waals surface area contributed by atoms with Crippen molar-refractivity contribution in [3.63, 3.8) is 0 Å².